The van der Waals surface area contributed by atoms with Gasteiger partial charge in [-0.15, -0.1) is 0 Å². The molecule has 5 heteroatoms. The van der Waals surface area contributed by atoms with Crippen LogP contribution in [-0.2, 0) is 9.53 Å². The van der Waals surface area contributed by atoms with Gasteiger partial charge in [0.1, 0.15) is 23.0 Å². The van der Waals surface area contributed by atoms with E-state index in [0.29, 0.717) is 22.8 Å². The molecule has 2 bridgehead atoms. The van der Waals surface area contributed by atoms with E-state index in [0.717, 1.165) is 23.8 Å². The van der Waals surface area contributed by atoms with Gasteiger partial charge in [-0.3, -0.25) is 0 Å². The standard InChI is InChI=1S/C20H20O5/c1-9-5-4-6-12-14(9)17-15(18(21)23-12)16-13-10(2)7-8-11(13)20(3,25-17)19(22)24-16/h4-6,10-11,13,16H,7-8H2,1-3H3. The van der Waals surface area contributed by atoms with Crippen LogP contribution in [0.5, 0.6) is 5.75 Å². The van der Waals surface area contributed by atoms with Crippen molar-refractivity contribution >= 4 is 16.9 Å². The van der Waals surface area contributed by atoms with Gasteiger partial charge in [-0.2, -0.15) is 0 Å². The van der Waals surface area contributed by atoms with Crippen molar-refractivity contribution in [3.8, 4) is 5.75 Å². The zero-order valence-electron chi connectivity index (χ0n) is 14.5. The van der Waals surface area contributed by atoms with E-state index in [4.69, 9.17) is 13.9 Å². The molecule has 1 aliphatic carbocycles. The van der Waals surface area contributed by atoms with Crippen LogP contribution in [0.2, 0.25) is 0 Å². The molecule has 2 aromatic rings. The average Bonchev–Trinajstić information content (AvgIpc) is 2.84. The third-order valence-electron chi connectivity index (χ3n) is 6.48. The number of benzene rings is 1. The summed E-state index contributed by atoms with van der Waals surface area (Å²) in [6.07, 6.45) is 1.33. The van der Waals surface area contributed by atoms with Crippen LogP contribution in [-0.4, -0.2) is 11.6 Å². The number of carbonyl (C=O) groups is 1. The molecule has 25 heavy (non-hydrogen) atoms. The number of esters is 1. The largest absolute Gasteiger partial charge is 0.474 e. The molecule has 1 aromatic heterocycles. The first-order valence-electron chi connectivity index (χ1n) is 8.88. The van der Waals surface area contributed by atoms with Crippen molar-refractivity contribution in [3.05, 3.63) is 39.7 Å². The molecule has 0 N–H and O–H groups in total. The zero-order valence-corrected chi connectivity index (χ0v) is 14.5. The molecule has 0 radical (unpaired) electrons. The van der Waals surface area contributed by atoms with Crippen molar-refractivity contribution in [2.24, 2.45) is 17.8 Å². The van der Waals surface area contributed by atoms with Gasteiger partial charge in [-0.25, -0.2) is 9.59 Å². The minimum Gasteiger partial charge on any atom is -0.474 e. The van der Waals surface area contributed by atoms with Crippen LogP contribution in [0.4, 0.5) is 0 Å². The van der Waals surface area contributed by atoms with Crippen LogP contribution in [0.25, 0.3) is 11.0 Å². The zero-order chi connectivity index (χ0) is 17.5. The van der Waals surface area contributed by atoms with Crippen molar-refractivity contribution in [2.75, 3.05) is 0 Å². The van der Waals surface area contributed by atoms with Gasteiger partial charge < -0.3 is 13.9 Å². The van der Waals surface area contributed by atoms with Crippen LogP contribution < -0.4 is 10.4 Å². The molecule has 130 valence electrons. The van der Waals surface area contributed by atoms with Crippen LogP contribution in [0.15, 0.2) is 27.4 Å². The van der Waals surface area contributed by atoms with Gasteiger partial charge >= 0.3 is 11.6 Å². The lowest BCUT2D eigenvalue weighted by Gasteiger charge is -2.41. The highest BCUT2D eigenvalue weighted by molar-refractivity contribution is 5.90. The quantitative estimate of drug-likeness (QED) is 0.542. The van der Waals surface area contributed by atoms with Crippen molar-refractivity contribution in [1.29, 1.82) is 0 Å². The fourth-order valence-electron chi connectivity index (χ4n) is 5.17. The minimum atomic E-state index is -1.06. The second kappa shape index (κ2) is 4.65. The Labute approximate surface area is 144 Å². The molecule has 0 amide bonds. The molecule has 4 heterocycles. The summed E-state index contributed by atoms with van der Waals surface area (Å²) in [5, 5.41) is 0.763. The summed E-state index contributed by atoms with van der Waals surface area (Å²) in [6.45, 7) is 5.93. The summed E-state index contributed by atoms with van der Waals surface area (Å²) >= 11 is 0. The summed E-state index contributed by atoms with van der Waals surface area (Å²) in [5.41, 5.74) is 0.294. The van der Waals surface area contributed by atoms with Crippen molar-refractivity contribution < 1.29 is 18.7 Å². The van der Waals surface area contributed by atoms with Gasteiger partial charge in [0.2, 0.25) is 5.60 Å². The Morgan fingerprint density at radius 1 is 1.20 bits per heavy atom. The molecule has 5 atom stereocenters. The molecule has 5 unspecified atom stereocenters. The fraction of sp³-hybridized carbons (Fsp3) is 0.500. The van der Waals surface area contributed by atoms with E-state index in [9.17, 15) is 9.59 Å². The lowest BCUT2D eigenvalue weighted by atomic mass is 9.73. The van der Waals surface area contributed by atoms with Crippen LogP contribution >= 0.6 is 0 Å². The van der Waals surface area contributed by atoms with Gasteiger partial charge in [-0.05, 0) is 44.2 Å². The van der Waals surface area contributed by atoms with E-state index in [-0.39, 0.29) is 17.8 Å². The Bertz CT molecular complexity index is 974. The normalized spacial score (nSPS) is 35.7. The highest BCUT2D eigenvalue weighted by atomic mass is 16.6. The van der Waals surface area contributed by atoms with Gasteiger partial charge in [0.25, 0.3) is 0 Å². The van der Waals surface area contributed by atoms with E-state index in [2.05, 4.69) is 6.92 Å². The molecule has 1 saturated heterocycles. The molecule has 6 rings (SSSR count). The van der Waals surface area contributed by atoms with Crippen LogP contribution in [0.3, 0.4) is 0 Å². The summed E-state index contributed by atoms with van der Waals surface area (Å²) in [6, 6.07) is 5.56. The number of hydrogen-bond donors (Lipinski definition) is 0. The first kappa shape index (κ1) is 15.0. The Morgan fingerprint density at radius 3 is 2.80 bits per heavy atom. The smallest absolute Gasteiger partial charge is 0.351 e. The van der Waals surface area contributed by atoms with Gasteiger partial charge in [-0.1, -0.05) is 19.1 Å². The molecule has 1 saturated carbocycles. The van der Waals surface area contributed by atoms with Crippen LogP contribution in [0.1, 0.15) is 43.9 Å². The molecule has 1 aromatic carbocycles. The number of rotatable bonds is 0. The lowest BCUT2D eigenvalue weighted by molar-refractivity contribution is -0.190. The lowest BCUT2D eigenvalue weighted by Crippen LogP contribution is -2.54. The fourth-order valence-corrected chi connectivity index (χ4v) is 5.17. The summed E-state index contributed by atoms with van der Waals surface area (Å²) in [4.78, 5) is 25.6. The maximum Gasteiger partial charge on any atom is 0.351 e. The average molecular weight is 340 g/mol. The Balaban J connectivity index is 1.89. The molecular formula is C20H20O5. The second-order valence-corrected chi connectivity index (χ2v) is 7.85. The first-order chi connectivity index (χ1) is 11.9. The highest BCUT2D eigenvalue weighted by Gasteiger charge is 2.63. The summed E-state index contributed by atoms with van der Waals surface area (Å²) in [7, 11) is 0. The third-order valence-corrected chi connectivity index (χ3v) is 6.48. The summed E-state index contributed by atoms with van der Waals surface area (Å²) < 4.78 is 17.7. The van der Waals surface area contributed by atoms with Gasteiger partial charge in [0, 0.05) is 11.8 Å². The molecule has 0 spiro atoms. The number of ether oxygens (including phenoxy) is 2. The molecule has 5 nitrogen and oxygen atoms in total. The Kier molecular flexibility index (Phi) is 2.79. The SMILES string of the molecule is Cc1cccc2oc(=O)c3c(c12)OC1(C)C(=O)OC3C2C(C)CCC21. The molecule has 4 aliphatic rings. The van der Waals surface area contributed by atoms with Crippen LogP contribution in [0, 0.1) is 24.7 Å². The maximum atomic E-state index is 12.8. The maximum absolute atomic E-state index is 12.8. The molecular weight excluding hydrogens is 320 g/mol. The number of aryl methyl sites for hydroxylation is 1. The topological polar surface area (TPSA) is 65.7 Å². The molecule has 3 aliphatic heterocycles. The highest BCUT2D eigenvalue weighted by Crippen LogP contribution is 2.58. The van der Waals surface area contributed by atoms with E-state index in [1.807, 2.05) is 26.0 Å². The predicted molar refractivity (Wildman–Crippen MR) is 90.5 cm³/mol. The van der Waals surface area contributed by atoms with E-state index < -0.39 is 17.3 Å². The first-order valence-corrected chi connectivity index (χ1v) is 8.88. The van der Waals surface area contributed by atoms with Gasteiger partial charge in [0.05, 0.1) is 5.39 Å². The van der Waals surface area contributed by atoms with Crippen molar-refractivity contribution in [3.63, 3.8) is 0 Å². The van der Waals surface area contributed by atoms with E-state index >= 15 is 0 Å². The Hall–Kier alpha value is -2.30. The number of fused-ring (bicyclic) bond motifs is 2. The second-order valence-electron chi connectivity index (χ2n) is 7.85. The minimum absolute atomic E-state index is 0.0552. The van der Waals surface area contributed by atoms with E-state index in [1.54, 1.807) is 6.07 Å². The van der Waals surface area contributed by atoms with Gasteiger partial charge in [0.15, 0.2) is 0 Å². The van der Waals surface area contributed by atoms with Crippen molar-refractivity contribution in [1.82, 2.24) is 0 Å². The van der Waals surface area contributed by atoms with E-state index in [1.165, 1.54) is 0 Å². The number of hydrogen-bond acceptors (Lipinski definition) is 5. The number of carbonyl (C=O) groups excluding carboxylic acids is 1. The third kappa shape index (κ3) is 1.73. The Morgan fingerprint density at radius 2 is 2.00 bits per heavy atom. The summed E-state index contributed by atoms with van der Waals surface area (Å²) in [5.74, 6) is 0.617. The predicted octanol–water partition coefficient (Wildman–Crippen LogP) is 3.51. The monoisotopic (exact) mass is 340 g/mol. The molecule has 2 fully saturated rings. The van der Waals surface area contributed by atoms with Crippen molar-refractivity contribution in [2.45, 2.75) is 45.3 Å².